The van der Waals surface area contributed by atoms with E-state index >= 15 is 0 Å². The summed E-state index contributed by atoms with van der Waals surface area (Å²) in [6.07, 6.45) is 8.93. The van der Waals surface area contributed by atoms with Crippen molar-refractivity contribution in [3.8, 4) is 0 Å². The molecule has 0 amide bonds. The lowest BCUT2D eigenvalue weighted by Crippen LogP contribution is -2.45. The molecular formula is C23H44O4Si. The third kappa shape index (κ3) is 7.64. The number of carboxylic acids is 1. The van der Waals surface area contributed by atoms with Crippen LogP contribution in [0.1, 0.15) is 86.0 Å². The van der Waals surface area contributed by atoms with Crippen LogP contribution in [0.3, 0.4) is 0 Å². The van der Waals surface area contributed by atoms with E-state index in [1.165, 1.54) is 25.7 Å². The number of rotatable bonds is 12. The number of aliphatic hydroxyl groups is 1. The molecule has 0 aromatic rings. The first kappa shape index (κ1) is 25.4. The van der Waals surface area contributed by atoms with Gasteiger partial charge in [-0.05, 0) is 49.7 Å². The summed E-state index contributed by atoms with van der Waals surface area (Å²) in [6.45, 7) is 16.0. The van der Waals surface area contributed by atoms with E-state index in [9.17, 15) is 15.0 Å². The third-order valence-electron chi connectivity index (χ3n) is 6.82. The van der Waals surface area contributed by atoms with Gasteiger partial charge >= 0.3 is 5.97 Å². The van der Waals surface area contributed by atoms with Gasteiger partial charge in [0.25, 0.3) is 0 Å². The van der Waals surface area contributed by atoms with Crippen molar-refractivity contribution >= 4 is 14.3 Å². The summed E-state index contributed by atoms with van der Waals surface area (Å²) >= 11 is 0. The Morgan fingerprint density at radius 3 is 2.46 bits per heavy atom. The number of aliphatic carboxylic acids is 1. The lowest BCUT2D eigenvalue weighted by atomic mass is 9.88. The molecule has 4 unspecified atom stereocenters. The predicted molar refractivity (Wildman–Crippen MR) is 119 cm³/mol. The average Bonchev–Trinajstić information content (AvgIpc) is 2.90. The van der Waals surface area contributed by atoms with Crippen molar-refractivity contribution in [2.45, 2.75) is 116 Å². The topological polar surface area (TPSA) is 66.8 Å². The quantitative estimate of drug-likeness (QED) is 0.229. The number of hydrogen-bond acceptors (Lipinski definition) is 3. The van der Waals surface area contributed by atoms with Gasteiger partial charge in [0.1, 0.15) is 0 Å². The van der Waals surface area contributed by atoms with E-state index in [0.717, 1.165) is 18.4 Å². The van der Waals surface area contributed by atoms with Gasteiger partial charge in [-0.1, -0.05) is 65.5 Å². The van der Waals surface area contributed by atoms with Crippen LogP contribution in [-0.4, -0.2) is 36.7 Å². The highest BCUT2D eigenvalue weighted by molar-refractivity contribution is 6.74. The fourth-order valence-electron chi connectivity index (χ4n) is 3.80. The minimum absolute atomic E-state index is 0.0206. The van der Waals surface area contributed by atoms with Crippen molar-refractivity contribution in [3.63, 3.8) is 0 Å². The van der Waals surface area contributed by atoms with Crippen LogP contribution in [0.2, 0.25) is 18.1 Å². The van der Waals surface area contributed by atoms with Gasteiger partial charge in [0.05, 0.1) is 12.5 Å². The molecule has 164 valence electrons. The average molecular weight is 413 g/mol. The van der Waals surface area contributed by atoms with Gasteiger partial charge in [-0.2, -0.15) is 0 Å². The summed E-state index contributed by atoms with van der Waals surface area (Å²) in [5.41, 5.74) is 1.11. The fourth-order valence-corrected chi connectivity index (χ4v) is 5.26. The summed E-state index contributed by atoms with van der Waals surface area (Å²) in [4.78, 5) is 11.2. The van der Waals surface area contributed by atoms with E-state index in [4.69, 9.17) is 4.43 Å². The molecule has 28 heavy (non-hydrogen) atoms. The number of hydrogen-bond donors (Lipinski definition) is 2. The minimum Gasteiger partial charge on any atom is -0.481 e. The lowest BCUT2D eigenvalue weighted by molar-refractivity contribution is -0.138. The number of unbranched alkanes of at least 4 members (excludes halogenated alkanes) is 2. The third-order valence-corrected chi connectivity index (χ3v) is 11.3. The summed E-state index contributed by atoms with van der Waals surface area (Å²) in [5.74, 6) is -0.578. The van der Waals surface area contributed by atoms with Gasteiger partial charge in [0.15, 0.2) is 8.32 Å². The molecule has 0 radical (unpaired) electrons. The molecule has 0 aromatic heterocycles. The maximum atomic E-state index is 11.2. The van der Waals surface area contributed by atoms with Gasteiger partial charge < -0.3 is 14.6 Å². The van der Waals surface area contributed by atoms with E-state index in [1.54, 1.807) is 0 Å². The van der Waals surface area contributed by atoms with Crippen molar-refractivity contribution in [2.75, 3.05) is 0 Å². The molecule has 0 spiro atoms. The Balaban J connectivity index is 2.83. The highest BCUT2D eigenvalue weighted by Crippen LogP contribution is 2.40. The van der Waals surface area contributed by atoms with Crippen LogP contribution in [0, 0.1) is 11.8 Å². The minimum atomic E-state index is -1.87. The van der Waals surface area contributed by atoms with Gasteiger partial charge in [0.2, 0.25) is 0 Å². The van der Waals surface area contributed by atoms with Crippen LogP contribution in [0.25, 0.3) is 0 Å². The predicted octanol–water partition coefficient (Wildman–Crippen LogP) is 6.16. The molecule has 0 heterocycles. The molecule has 4 atom stereocenters. The number of carboxylic acid groups (broad SMARTS) is 1. The Kier molecular flexibility index (Phi) is 9.91. The van der Waals surface area contributed by atoms with E-state index in [1.807, 2.05) is 0 Å². The van der Waals surface area contributed by atoms with Gasteiger partial charge in [-0.3, -0.25) is 4.79 Å². The van der Waals surface area contributed by atoms with Crippen LogP contribution >= 0.6 is 0 Å². The number of carbonyl (C=O) groups is 1. The summed E-state index contributed by atoms with van der Waals surface area (Å²) in [6, 6.07) is 0. The van der Waals surface area contributed by atoms with Gasteiger partial charge in [0, 0.05) is 12.0 Å². The molecule has 0 aliphatic heterocycles. The molecule has 0 fully saturated rings. The maximum Gasteiger partial charge on any atom is 0.304 e. The molecule has 1 rings (SSSR count). The molecule has 0 saturated heterocycles. The van der Waals surface area contributed by atoms with Crippen LogP contribution in [-0.2, 0) is 9.22 Å². The van der Waals surface area contributed by atoms with Gasteiger partial charge in [-0.15, -0.1) is 0 Å². The summed E-state index contributed by atoms with van der Waals surface area (Å²) in [7, 11) is -1.87. The summed E-state index contributed by atoms with van der Waals surface area (Å²) < 4.78 is 6.83. The lowest BCUT2D eigenvalue weighted by Gasteiger charge is -2.41. The monoisotopic (exact) mass is 412 g/mol. The van der Waals surface area contributed by atoms with Crippen LogP contribution < -0.4 is 0 Å². The largest absolute Gasteiger partial charge is 0.481 e. The van der Waals surface area contributed by atoms with Crippen molar-refractivity contribution in [2.24, 2.45) is 11.8 Å². The second-order valence-corrected chi connectivity index (χ2v) is 15.0. The summed E-state index contributed by atoms with van der Waals surface area (Å²) in [5, 5.41) is 19.5. The highest BCUT2D eigenvalue weighted by Gasteiger charge is 2.40. The SMILES string of the molecule is CCCCCC(C)C(CCC1=CCC(O)C1CC(=O)O)O[Si](C)(C)C(C)(C)C. The standard InChI is InChI=1S/C23H44O4Si/c1-8-9-10-11-17(2)21(27-28(6,7)23(3,4)5)15-13-18-12-14-20(24)19(18)16-22(25)26/h12,17,19-21,24H,8-11,13-16H2,1-7H3,(H,25,26). The van der Waals surface area contributed by atoms with Crippen molar-refractivity contribution in [3.05, 3.63) is 11.6 Å². The maximum absolute atomic E-state index is 11.2. The fraction of sp³-hybridized carbons (Fsp3) is 0.870. The molecule has 4 nitrogen and oxygen atoms in total. The molecular weight excluding hydrogens is 368 g/mol. The molecule has 0 aromatic carbocycles. The number of aliphatic hydroxyl groups excluding tert-OH is 1. The molecule has 2 N–H and O–H groups in total. The Labute approximate surface area is 173 Å². The van der Waals surface area contributed by atoms with Crippen molar-refractivity contribution < 1.29 is 19.4 Å². The zero-order valence-electron chi connectivity index (χ0n) is 19.3. The second kappa shape index (κ2) is 10.9. The zero-order chi connectivity index (χ0) is 21.5. The Hall–Kier alpha value is -0.653. The molecule has 1 aliphatic rings. The first-order valence-electron chi connectivity index (χ1n) is 11.2. The van der Waals surface area contributed by atoms with E-state index in [-0.39, 0.29) is 23.5 Å². The van der Waals surface area contributed by atoms with Crippen LogP contribution in [0.15, 0.2) is 11.6 Å². The second-order valence-electron chi connectivity index (χ2n) is 10.2. The molecule has 0 bridgehead atoms. The normalized spacial score (nSPS) is 22.8. The Morgan fingerprint density at radius 1 is 1.29 bits per heavy atom. The smallest absolute Gasteiger partial charge is 0.304 e. The van der Waals surface area contributed by atoms with E-state index < -0.39 is 20.4 Å². The first-order valence-corrected chi connectivity index (χ1v) is 14.1. The molecule has 0 saturated carbocycles. The van der Waals surface area contributed by atoms with E-state index in [2.05, 4.69) is 53.8 Å². The highest BCUT2D eigenvalue weighted by atomic mass is 28.4. The first-order chi connectivity index (χ1) is 12.9. The van der Waals surface area contributed by atoms with Crippen LogP contribution in [0.4, 0.5) is 0 Å². The molecule has 5 heteroatoms. The molecule has 1 aliphatic carbocycles. The van der Waals surface area contributed by atoms with Crippen LogP contribution in [0.5, 0.6) is 0 Å². The Morgan fingerprint density at radius 2 is 1.93 bits per heavy atom. The Bertz CT molecular complexity index is 521. The van der Waals surface area contributed by atoms with Crippen molar-refractivity contribution in [1.29, 1.82) is 0 Å². The van der Waals surface area contributed by atoms with Crippen molar-refractivity contribution in [1.82, 2.24) is 0 Å². The van der Waals surface area contributed by atoms with Gasteiger partial charge in [-0.25, -0.2) is 0 Å². The van der Waals surface area contributed by atoms with E-state index in [0.29, 0.717) is 12.3 Å². The zero-order valence-corrected chi connectivity index (χ0v) is 20.3.